The zero-order chi connectivity index (χ0) is 24.0. The molecular formula is C21H23ClN4O4S3. The number of nitrogens with zero attached hydrogens (tertiary/aromatic N) is 3. The minimum Gasteiger partial charge on any atom is -0.495 e. The Labute approximate surface area is 206 Å². The average Bonchev–Trinajstić information content (AvgIpc) is 3.23. The molecular weight excluding hydrogens is 504 g/mol. The molecule has 3 rings (SSSR count). The standard InChI is InChI=1S/C21H23ClN4O4S3/c1-4-11-31-21-25-24-20(32-21)23-19(27)13-26(15-7-10-18(30-3)17(22)12-15)33(28,29)16-8-5-14(2)6-9-16/h5-10,12H,4,11,13H2,1-3H3,(H,23,24,27). The van der Waals surface area contributed by atoms with Crippen LogP contribution in [0, 0.1) is 6.92 Å². The Kier molecular flexibility index (Phi) is 8.57. The first-order valence-electron chi connectivity index (χ1n) is 9.93. The number of nitrogens with one attached hydrogen (secondary N) is 1. The number of methoxy groups -OCH3 is 1. The van der Waals surface area contributed by atoms with Gasteiger partial charge in [-0.15, -0.1) is 10.2 Å². The van der Waals surface area contributed by atoms with Crippen molar-refractivity contribution in [2.45, 2.75) is 29.5 Å². The summed E-state index contributed by atoms with van der Waals surface area (Å²) in [4.78, 5) is 12.9. The van der Waals surface area contributed by atoms with Gasteiger partial charge in [0.25, 0.3) is 10.0 Å². The van der Waals surface area contributed by atoms with Gasteiger partial charge in [0.15, 0.2) is 4.34 Å². The van der Waals surface area contributed by atoms with Gasteiger partial charge in [-0.05, 0) is 43.7 Å². The summed E-state index contributed by atoms with van der Waals surface area (Å²) >= 11 is 9.02. The molecule has 33 heavy (non-hydrogen) atoms. The van der Waals surface area contributed by atoms with E-state index in [1.165, 1.54) is 42.7 Å². The molecule has 2 aromatic carbocycles. The number of hydrogen-bond donors (Lipinski definition) is 1. The fourth-order valence-electron chi connectivity index (χ4n) is 2.76. The van der Waals surface area contributed by atoms with Gasteiger partial charge in [-0.1, -0.05) is 59.3 Å². The van der Waals surface area contributed by atoms with Crippen molar-refractivity contribution in [3.63, 3.8) is 0 Å². The molecule has 3 aromatic rings. The number of anilines is 2. The van der Waals surface area contributed by atoms with Crippen molar-refractivity contribution < 1.29 is 17.9 Å². The summed E-state index contributed by atoms with van der Waals surface area (Å²) in [7, 11) is -2.60. The van der Waals surface area contributed by atoms with Crippen LogP contribution in [0.2, 0.25) is 5.02 Å². The number of amides is 1. The zero-order valence-corrected chi connectivity index (χ0v) is 21.4. The molecule has 0 spiro atoms. The molecule has 0 aliphatic carbocycles. The van der Waals surface area contributed by atoms with E-state index in [1.54, 1.807) is 30.0 Å². The van der Waals surface area contributed by atoms with Gasteiger partial charge in [-0.3, -0.25) is 14.4 Å². The summed E-state index contributed by atoms with van der Waals surface area (Å²) < 4.78 is 33.8. The molecule has 12 heteroatoms. The SMILES string of the molecule is CCCSc1nnc(NC(=O)CN(c2ccc(OC)c(Cl)c2)S(=O)(=O)c2ccc(C)cc2)s1. The number of aromatic nitrogens is 2. The Balaban J connectivity index is 1.90. The first kappa shape index (κ1) is 25.3. The van der Waals surface area contributed by atoms with E-state index in [9.17, 15) is 13.2 Å². The molecule has 176 valence electrons. The number of sulfonamides is 1. The van der Waals surface area contributed by atoms with E-state index >= 15 is 0 Å². The molecule has 0 aliphatic rings. The van der Waals surface area contributed by atoms with Gasteiger partial charge < -0.3 is 4.74 Å². The Morgan fingerprint density at radius 3 is 2.58 bits per heavy atom. The second-order valence-electron chi connectivity index (χ2n) is 6.91. The van der Waals surface area contributed by atoms with Gasteiger partial charge in [-0.2, -0.15) is 0 Å². The summed E-state index contributed by atoms with van der Waals surface area (Å²) in [5.74, 6) is 0.730. The van der Waals surface area contributed by atoms with Crippen LogP contribution in [0.5, 0.6) is 5.75 Å². The van der Waals surface area contributed by atoms with E-state index in [0.717, 1.165) is 26.4 Å². The van der Waals surface area contributed by atoms with Crippen molar-refractivity contribution in [1.29, 1.82) is 0 Å². The van der Waals surface area contributed by atoms with Gasteiger partial charge >= 0.3 is 0 Å². The molecule has 1 heterocycles. The Bertz CT molecular complexity index is 1220. The third kappa shape index (κ3) is 6.38. The molecule has 0 bridgehead atoms. The quantitative estimate of drug-likeness (QED) is 0.298. The van der Waals surface area contributed by atoms with E-state index in [0.29, 0.717) is 10.9 Å². The van der Waals surface area contributed by atoms with Crippen molar-refractivity contribution in [2.75, 3.05) is 29.0 Å². The molecule has 0 fully saturated rings. The monoisotopic (exact) mass is 526 g/mol. The largest absolute Gasteiger partial charge is 0.495 e. The molecule has 0 saturated heterocycles. The molecule has 0 unspecified atom stereocenters. The molecule has 1 amide bonds. The predicted molar refractivity (Wildman–Crippen MR) is 133 cm³/mol. The number of halogens is 1. The van der Waals surface area contributed by atoms with E-state index in [2.05, 4.69) is 22.4 Å². The van der Waals surface area contributed by atoms with Crippen molar-refractivity contribution in [3.8, 4) is 5.75 Å². The summed E-state index contributed by atoms with van der Waals surface area (Å²) in [6.07, 6.45) is 0.988. The lowest BCUT2D eigenvalue weighted by atomic mass is 10.2. The van der Waals surface area contributed by atoms with Crippen molar-refractivity contribution in [3.05, 3.63) is 53.1 Å². The van der Waals surface area contributed by atoms with E-state index < -0.39 is 22.5 Å². The third-order valence-electron chi connectivity index (χ3n) is 4.40. The maximum Gasteiger partial charge on any atom is 0.264 e. The summed E-state index contributed by atoms with van der Waals surface area (Å²) in [6, 6.07) is 10.9. The first-order chi connectivity index (χ1) is 15.7. The molecule has 1 aromatic heterocycles. The number of rotatable bonds is 10. The van der Waals surface area contributed by atoms with Crippen LogP contribution in [0.3, 0.4) is 0 Å². The summed E-state index contributed by atoms with van der Waals surface area (Å²) in [5, 5.41) is 11.2. The minimum atomic E-state index is -4.07. The second-order valence-corrected chi connectivity index (χ2v) is 11.5. The highest BCUT2D eigenvalue weighted by Gasteiger charge is 2.28. The van der Waals surface area contributed by atoms with Crippen LogP contribution in [0.4, 0.5) is 10.8 Å². The number of carbonyl (C=O) groups excluding carboxylic acids is 1. The lowest BCUT2D eigenvalue weighted by Gasteiger charge is -2.24. The molecule has 0 radical (unpaired) electrons. The Morgan fingerprint density at radius 2 is 1.94 bits per heavy atom. The Morgan fingerprint density at radius 1 is 1.21 bits per heavy atom. The highest BCUT2D eigenvalue weighted by Crippen LogP contribution is 2.32. The predicted octanol–water partition coefficient (Wildman–Crippen LogP) is 4.84. The lowest BCUT2D eigenvalue weighted by molar-refractivity contribution is -0.114. The number of thioether (sulfide) groups is 1. The Hall–Kier alpha value is -2.34. The number of benzene rings is 2. The van der Waals surface area contributed by atoms with Crippen LogP contribution >= 0.6 is 34.7 Å². The zero-order valence-electron chi connectivity index (χ0n) is 18.2. The summed E-state index contributed by atoms with van der Waals surface area (Å²) in [5.41, 5.74) is 1.15. The van der Waals surface area contributed by atoms with E-state index in [1.807, 2.05) is 6.92 Å². The molecule has 0 saturated carbocycles. The third-order valence-corrected chi connectivity index (χ3v) is 8.66. The summed E-state index contributed by atoms with van der Waals surface area (Å²) in [6.45, 7) is 3.45. The highest BCUT2D eigenvalue weighted by atomic mass is 35.5. The van der Waals surface area contributed by atoms with Crippen LogP contribution in [0.25, 0.3) is 0 Å². The average molecular weight is 527 g/mol. The number of ether oxygens (including phenoxy) is 1. The fourth-order valence-corrected chi connectivity index (χ4v) is 6.12. The van der Waals surface area contributed by atoms with Crippen molar-refractivity contribution in [2.24, 2.45) is 0 Å². The van der Waals surface area contributed by atoms with Gasteiger partial charge in [0.05, 0.1) is 22.7 Å². The molecule has 0 aliphatic heterocycles. The number of aryl methyl sites for hydroxylation is 1. The van der Waals surface area contributed by atoms with Gasteiger partial charge in [-0.25, -0.2) is 8.42 Å². The molecule has 1 N–H and O–H groups in total. The maximum absolute atomic E-state index is 13.5. The second kappa shape index (κ2) is 11.2. The van der Waals surface area contributed by atoms with Crippen LogP contribution < -0.4 is 14.4 Å². The number of hydrogen-bond acceptors (Lipinski definition) is 8. The highest BCUT2D eigenvalue weighted by molar-refractivity contribution is 8.01. The van der Waals surface area contributed by atoms with Gasteiger partial charge in [0, 0.05) is 5.75 Å². The topological polar surface area (TPSA) is 101 Å². The van der Waals surface area contributed by atoms with Crippen molar-refractivity contribution >= 4 is 61.4 Å². The fraction of sp³-hybridized carbons (Fsp3) is 0.286. The van der Waals surface area contributed by atoms with Gasteiger partial charge in [0.1, 0.15) is 12.3 Å². The molecule has 8 nitrogen and oxygen atoms in total. The lowest BCUT2D eigenvalue weighted by Crippen LogP contribution is -2.38. The van der Waals surface area contributed by atoms with E-state index in [4.69, 9.17) is 16.3 Å². The van der Waals surface area contributed by atoms with E-state index in [-0.39, 0.29) is 15.6 Å². The van der Waals surface area contributed by atoms with Crippen molar-refractivity contribution in [1.82, 2.24) is 10.2 Å². The van der Waals surface area contributed by atoms with Crippen LogP contribution in [-0.2, 0) is 14.8 Å². The van der Waals surface area contributed by atoms with Crippen LogP contribution in [-0.4, -0.2) is 43.9 Å². The van der Waals surface area contributed by atoms with Crippen LogP contribution in [0.15, 0.2) is 51.7 Å². The smallest absolute Gasteiger partial charge is 0.264 e. The van der Waals surface area contributed by atoms with Gasteiger partial charge in [0.2, 0.25) is 11.0 Å². The van der Waals surface area contributed by atoms with Crippen LogP contribution in [0.1, 0.15) is 18.9 Å². The minimum absolute atomic E-state index is 0.0574. The first-order valence-corrected chi connectivity index (χ1v) is 13.6. The molecule has 0 atom stereocenters. The number of carbonyl (C=O) groups is 1. The normalized spacial score (nSPS) is 11.3. The maximum atomic E-state index is 13.5.